The maximum absolute atomic E-state index is 14.7. The number of aldehydes is 1. The van der Waals surface area contributed by atoms with E-state index in [2.05, 4.69) is 0 Å². The molecular weight excluding hydrogens is 339 g/mol. The summed E-state index contributed by atoms with van der Waals surface area (Å²) in [5.74, 6) is 1.86. The molecule has 0 bridgehead atoms. The van der Waals surface area contributed by atoms with Gasteiger partial charge in [0.05, 0.1) is 11.6 Å². The molecule has 1 heterocycles. The van der Waals surface area contributed by atoms with Crippen molar-refractivity contribution in [2.45, 2.75) is 63.4 Å². The van der Waals surface area contributed by atoms with E-state index in [0.717, 1.165) is 54.9 Å². The van der Waals surface area contributed by atoms with Gasteiger partial charge >= 0.3 is 0 Å². The Morgan fingerprint density at radius 2 is 1.52 bits per heavy atom. The van der Waals surface area contributed by atoms with Gasteiger partial charge < -0.3 is 9.53 Å². The van der Waals surface area contributed by atoms with Crippen LogP contribution in [0.4, 0.5) is 4.39 Å². The Morgan fingerprint density at radius 1 is 0.960 bits per heavy atom. The zero-order valence-electron chi connectivity index (χ0n) is 14.6. The normalized spacial score (nSPS) is 35.4. The zero-order valence-corrected chi connectivity index (χ0v) is 15.3. The van der Waals surface area contributed by atoms with Crippen LogP contribution in [0.25, 0.3) is 0 Å². The average molecular weight is 365 g/mol. The van der Waals surface area contributed by atoms with E-state index in [9.17, 15) is 9.18 Å². The summed E-state index contributed by atoms with van der Waals surface area (Å²) in [4.78, 5) is 10.9. The van der Waals surface area contributed by atoms with Crippen LogP contribution in [0.2, 0.25) is 5.02 Å². The summed E-state index contributed by atoms with van der Waals surface area (Å²) in [6, 6.07) is 3.88. The van der Waals surface area contributed by atoms with Crippen molar-refractivity contribution in [1.29, 1.82) is 0 Å². The van der Waals surface area contributed by atoms with Gasteiger partial charge in [0.25, 0.3) is 0 Å². The highest BCUT2D eigenvalue weighted by molar-refractivity contribution is 6.31. The van der Waals surface area contributed by atoms with Crippen LogP contribution in [0.3, 0.4) is 0 Å². The fourth-order valence-electron chi connectivity index (χ4n) is 5.03. The molecule has 1 aliphatic heterocycles. The molecule has 1 atom stereocenters. The second kappa shape index (κ2) is 7.36. The fraction of sp³-hybridized carbons (Fsp3) is 0.667. The van der Waals surface area contributed by atoms with Gasteiger partial charge in [-0.05, 0) is 74.7 Å². The van der Waals surface area contributed by atoms with Crippen LogP contribution in [-0.4, -0.2) is 12.9 Å². The molecular formula is C21H26ClFO2. The lowest BCUT2D eigenvalue weighted by molar-refractivity contribution is -0.112. The molecule has 136 valence electrons. The van der Waals surface area contributed by atoms with E-state index in [1.54, 1.807) is 0 Å². The molecule has 3 aliphatic rings. The zero-order chi connectivity index (χ0) is 17.4. The molecule has 4 heteroatoms. The Morgan fingerprint density at radius 3 is 2.08 bits per heavy atom. The summed E-state index contributed by atoms with van der Waals surface area (Å²) in [6.07, 6.45) is 10.1. The van der Waals surface area contributed by atoms with Crippen molar-refractivity contribution in [3.8, 4) is 0 Å². The molecule has 0 aromatic heterocycles. The van der Waals surface area contributed by atoms with Gasteiger partial charge in [-0.1, -0.05) is 23.7 Å². The van der Waals surface area contributed by atoms with Crippen LogP contribution < -0.4 is 0 Å². The number of hydrogen-bond acceptors (Lipinski definition) is 2. The van der Waals surface area contributed by atoms with Gasteiger partial charge in [0, 0.05) is 11.5 Å². The molecule has 1 saturated heterocycles. The summed E-state index contributed by atoms with van der Waals surface area (Å²) >= 11 is 6.25. The highest BCUT2D eigenvalue weighted by atomic mass is 35.5. The van der Waals surface area contributed by atoms with Gasteiger partial charge in [0.1, 0.15) is 18.2 Å². The molecule has 2 aliphatic carbocycles. The van der Waals surface area contributed by atoms with Crippen molar-refractivity contribution in [2.24, 2.45) is 17.8 Å². The van der Waals surface area contributed by atoms with Crippen molar-refractivity contribution in [1.82, 2.24) is 0 Å². The van der Waals surface area contributed by atoms with E-state index in [1.165, 1.54) is 25.7 Å². The second-order valence-electron chi connectivity index (χ2n) is 8.12. The van der Waals surface area contributed by atoms with E-state index >= 15 is 0 Å². The molecule has 1 aromatic carbocycles. The number of rotatable bonds is 4. The Kier molecular flexibility index (Phi) is 5.15. The second-order valence-corrected chi connectivity index (χ2v) is 8.49. The van der Waals surface area contributed by atoms with Gasteiger partial charge in [0.15, 0.2) is 0 Å². The third kappa shape index (κ3) is 3.64. The number of halogens is 2. The van der Waals surface area contributed by atoms with Crippen LogP contribution in [0.5, 0.6) is 0 Å². The average Bonchev–Trinajstić information content (AvgIpc) is 3.49. The van der Waals surface area contributed by atoms with Gasteiger partial charge in [-0.3, -0.25) is 0 Å². The first-order valence-corrected chi connectivity index (χ1v) is 10.1. The van der Waals surface area contributed by atoms with Gasteiger partial charge in [-0.15, -0.1) is 0 Å². The van der Waals surface area contributed by atoms with Crippen LogP contribution >= 0.6 is 11.6 Å². The highest BCUT2D eigenvalue weighted by Crippen LogP contribution is 2.45. The highest BCUT2D eigenvalue weighted by Gasteiger charge is 2.34. The Hall–Kier alpha value is -0.930. The van der Waals surface area contributed by atoms with E-state index in [0.29, 0.717) is 6.61 Å². The molecule has 2 saturated carbocycles. The quantitative estimate of drug-likeness (QED) is 0.497. The van der Waals surface area contributed by atoms with Gasteiger partial charge in [-0.2, -0.15) is 0 Å². The fourth-order valence-corrected chi connectivity index (χ4v) is 5.32. The SMILES string of the molecule is O=CC1CCC(C2CCC(c3ccc(C4CO4)c(Cl)c3F)CC2)CC1. The van der Waals surface area contributed by atoms with Crippen molar-refractivity contribution in [3.63, 3.8) is 0 Å². The van der Waals surface area contributed by atoms with Crippen LogP contribution in [0, 0.1) is 23.6 Å². The minimum atomic E-state index is -0.232. The van der Waals surface area contributed by atoms with E-state index in [1.807, 2.05) is 12.1 Å². The van der Waals surface area contributed by atoms with Gasteiger partial charge in [-0.25, -0.2) is 4.39 Å². The third-order valence-corrected chi connectivity index (χ3v) is 7.09. The standard InChI is InChI=1S/C21H26ClFO2/c22-20-18(19-12-25-19)10-9-17(21(20)23)16-7-5-15(6-8-16)14-3-1-13(11-24)2-4-14/h9-11,13-16,19H,1-8,12H2. The monoisotopic (exact) mass is 364 g/mol. The summed E-state index contributed by atoms with van der Waals surface area (Å²) in [5.41, 5.74) is 1.58. The van der Waals surface area contributed by atoms with E-state index in [4.69, 9.17) is 16.3 Å². The molecule has 0 spiro atoms. The topological polar surface area (TPSA) is 29.6 Å². The summed E-state index contributed by atoms with van der Waals surface area (Å²) in [5, 5.41) is 0.259. The lowest BCUT2D eigenvalue weighted by atomic mass is 9.68. The van der Waals surface area contributed by atoms with Crippen molar-refractivity contribution in [3.05, 3.63) is 34.1 Å². The largest absolute Gasteiger partial charge is 0.368 e. The predicted molar refractivity (Wildman–Crippen MR) is 96.3 cm³/mol. The number of carbonyl (C=O) groups excluding carboxylic acids is 1. The van der Waals surface area contributed by atoms with Crippen LogP contribution in [0.1, 0.15) is 74.5 Å². The lowest BCUT2D eigenvalue weighted by Gasteiger charge is -2.37. The predicted octanol–water partition coefficient (Wildman–Crippen LogP) is 5.83. The van der Waals surface area contributed by atoms with Crippen molar-refractivity contribution in [2.75, 3.05) is 6.61 Å². The van der Waals surface area contributed by atoms with Crippen LogP contribution in [0.15, 0.2) is 12.1 Å². The molecule has 0 radical (unpaired) electrons. The smallest absolute Gasteiger partial charge is 0.145 e. The first-order valence-electron chi connectivity index (χ1n) is 9.72. The molecule has 1 unspecified atom stereocenters. The molecule has 0 amide bonds. The molecule has 0 N–H and O–H groups in total. The first kappa shape index (κ1) is 17.5. The summed E-state index contributed by atoms with van der Waals surface area (Å²) in [6.45, 7) is 0.649. The number of hydrogen-bond donors (Lipinski definition) is 0. The van der Waals surface area contributed by atoms with Gasteiger partial charge in [0.2, 0.25) is 0 Å². The number of benzene rings is 1. The maximum atomic E-state index is 14.7. The molecule has 3 fully saturated rings. The lowest BCUT2D eigenvalue weighted by Crippen LogP contribution is -2.26. The number of epoxide rings is 1. The van der Waals surface area contributed by atoms with Crippen molar-refractivity contribution >= 4 is 17.9 Å². The minimum absolute atomic E-state index is 0.00622. The molecule has 4 rings (SSSR count). The number of ether oxygens (including phenoxy) is 1. The molecule has 2 nitrogen and oxygen atoms in total. The first-order chi connectivity index (χ1) is 12.2. The summed E-state index contributed by atoms with van der Waals surface area (Å²) < 4.78 is 20.0. The van der Waals surface area contributed by atoms with E-state index < -0.39 is 0 Å². The van der Waals surface area contributed by atoms with Crippen molar-refractivity contribution < 1.29 is 13.9 Å². The summed E-state index contributed by atoms with van der Waals surface area (Å²) in [7, 11) is 0. The molecule has 1 aromatic rings. The number of carbonyl (C=O) groups is 1. The third-order valence-electron chi connectivity index (χ3n) is 6.71. The minimum Gasteiger partial charge on any atom is -0.368 e. The molecule has 25 heavy (non-hydrogen) atoms. The Balaban J connectivity index is 1.37. The maximum Gasteiger partial charge on any atom is 0.145 e. The van der Waals surface area contributed by atoms with E-state index in [-0.39, 0.29) is 28.8 Å². The Labute approximate surface area is 154 Å². The van der Waals surface area contributed by atoms with Crippen LogP contribution in [-0.2, 0) is 9.53 Å². The Bertz CT molecular complexity index is 627.